The number of hydrogen-bond acceptors (Lipinski definition) is 9. The molecular weight excluding hydrogens is 256 g/mol. The minimum atomic E-state index is -1.91. The molecule has 0 fully saturated rings. The normalized spacial score (nSPS) is 17.4. The van der Waals surface area contributed by atoms with Crippen molar-refractivity contribution in [3.05, 3.63) is 0 Å². The Labute approximate surface area is 101 Å². The molecule has 0 aromatic carbocycles. The van der Waals surface area contributed by atoms with Gasteiger partial charge < -0.3 is 40.1 Å². The first-order valence-electron chi connectivity index (χ1n) is 4.70. The van der Waals surface area contributed by atoms with Crippen molar-refractivity contribution in [2.75, 3.05) is 13.2 Å². The third-order valence-corrected chi connectivity index (χ3v) is 1.87. The summed E-state index contributed by atoms with van der Waals surface area (Å²) in [6.07, 6.45) is -10.8. The Balaban J connectivity index is 4.12. The fraction of sp³-hybridized carbons (Fsp3) is 0.750. The number of carbonyl (C=O) groups excluding carboxylic acids is 1. The maximum absolute atomic E-state index is 10.6. The molecule has 0 radical (unpaired) electrons. The number of hydrogen-bond donors (Lipinski definition) is 6. The van der Waals surface area contributed by atoms with Crippen LogP contribution in [0.5, 0.6) is 0 Å². The quantitative estimate of drug-likeness (QED) is 0.219. The molecule has 10 heteroatoms. The Morgan fingerprint density at radius 2 is 1.50 bits per heavy atom. The average molecular weight is 270 g/mol. The van der Waals surface area contributed by atoms with Gasteiger partial charge in [-0.25, -0.2) is 9.59 Å². The zero-order chi connectivity index (χ0) is 14.3. The predicted molar refractivity (Wildman–Crippen MR) is 51.6 cm³/mol. The van der Waals surface area contributed by atoms with Crippen LogP contribution in [0.4, 0.5) is 9.59 Å². The van der Waals surface area contributed by atoms with Crippen LogP contribution in [0.25, 0.3) is 0 Å². The van der Waals surface area contributed by atoms with E-state index in [0.717, 1.165) is 0 Å². The summed E-state index contributed by atoms with van der Waals surface area (Å²) in [5, 5.41) is 53.1. The molecule has 0 rings (SSSR count). The van der Waals surface area contributed by atoms with Crippen LogP contribution in [0.1, 0.15) is 0 Å². The Kier molecular flexibility index (Phi) is 7.16. The van der Waals surface area contributed by atoms with Gasteiger partial charge >= 0.3 is 12.3 Å². The highest BCUT2D eigenvalue weighted by Crippen LogP contribution is 2.06. The first-order chi connectivity index (χ1) is 8.29. The van der Waals surface area contributed by atoms with Crippen LogP contribution in [-0.2, 0) is 9.47 Å². The first kappa shape index (κ1) is 16.5. The number of aliphatic hydroxyl groups excluding tert-OH is 5. The molecular formula is C8H14O10. The van der Waals surface area contributed by atoms with Crippen LogP contribution in [0.3, 0.4) is 0 Å². The van der Waals surface area contributed by atoms with Gasteiger partial charge in [-0.2, -0.15) is 0 Å². The molecule has 0 bridgehead atoms. The maximum Gasteiger partial charge on any atom is 0.518 e. The van der Waals surface area contributed by atoms with Gasteiger partial charge in [0.25, 0.3) is 0 Å². The second-order valence-corrected chi connectivity index (χ2v) is 3.23. The lowest BCUT2D eigenvalue weighted by molar-refractivity contribution is -0.125. The monoisotopic (exact) mass is 270 g/mol. The highest BCUT2D eigenvalue weighted by molar-refractivity contribution is 5.75. The van der Waals surface area contributed by atoms with E-state index >= 15 is 0 Å². The molecule has 0 aromatic heterocycles. The van der Waals surface area contributed by atoms with E-state index < -0.39 is 49.9 Å². The van der Waals surface area contributed by atoms with Crippen LogP contribution >= 0.6 is 0 Å². The zero-order valence-corrected chi connectivity index (χ0v) is 9.04. The summed E-state index contributed by atoms with van der Waals surface area (Å²) in [5.74, 6) is 0. The minimum Gasteiger partial charge on any atom is -0.449 e. The molecule has 0 aliphatic rings. The van der Waals surface area contributed by atoms with E-state index in [1.807, 2.05) is 0 Å². The van der Waals surface area contributed by atoms with E-state index in [-0.39, 0.29) is 0 Å². The Morgan fingerprint density at radius 1 is 1.00 bits per heavy atom. The van der Waals surface area contributed by atoms with Gasteiger partial charge in [-0.1, -0.05) is 0 Å². The maximum atomic E-state index is 10.6. The summed E-state index contributed by atoms with van der Waals surface area (Å²) in [6.45, 7) is -1.73. The number of aliphatic hydroxyl groups is 5. The summed E-state index contributed by atoms with van der Waals surface area (Å²) in [7, 11) is 0. The SMILES string of the molecule is O=C(O)OC(=O)OC[C@H](O)[C@@H](O)[C@@H](O)[C@H](O)CO. The van der Waals surface area contributed by atoms with Gasteiger partial charge in [0.05, 0.1) is 6.61 Å². The van der Waals surface area contributed by atoms with E-state index in [1.165, 1.54) is 0 Å². The summed E-state index contributed by atoms with van der Waals surface area (Å²) in [6, 6.07) is 0. The lowest BCUT2D eigenvalue weighted by Gasteiger charge is -2.25. The van der Waals surface area contributed by atoms with Gasteiger partial charge in [0, 0.05) is 0 Å². The van der Waals surface area contributed by atoms with Crippen LogP contribution < -0.4 is 0 Å². The van der Waals surface area contributed by atoms with Crippen LogP contribution in [0, 0.1) is 0 Å². The van der Waals surface area contributed by atoms with E-state index in [0.29, 0.717) is 0 Å². The van der Waals surface area contributed by atoms with Gasteiger partial charge in [0.15, 0.2) is 0 Å². The highest BCUT2D eigenvalue weighted by atomic mass is 16.8. The molecule has 0 amide bonds. The van der Waals surface area contributed by atoms with Crippen molar-refractivity contribution in [2.45, 2.75) is 24.4 Å². The number of carboxylic acid groups (broad SMARTS) is 1. The smallest absolute Gasteiger partial charge is 0.449 e. The largest absolute Gasteiger partial charge is 0.518 e. The number of carbonyl (C=O) groups is 2. The molecule has 0 aromatic rings. The summed E-state index contributed by atoms with van der Waals surface area (Å²) in [5.41, 5.74) is 0. The van der Waals surface area contributed by atoms with Crippen molar-refractivity contribution in [1.29, 1.82) is 0 Å². The highest BCUT2D eigenvalue weighted by Gasteiger charge is 2.31. The van der Waals surface area contributed by atoms with Crippen molar-refractivity contribution in [3.63, 3.8) is 0 Å². The Hall–Kier alpha value is -1.46. The fourth-order valence-corrected chi connectivity index (χ4v) is 0.916. The van der Waals surface area contributed by atoms with Gasteiger partial charge in [-0.3, -0.25) is 0 Å². The third-order valence-electron chi connectivity index (χ3n) is 1.87. The molecule has 10 nitrogen and oxygen atoms in total. The molecule has 0 unspecified atom stereocenters. The number of rotatable bonds is 6. The first-order valence-corrected chi connectivity index (χ1v) is 4.70. The summed E-state index contributed by atoms with van der Waals surface area (Å²) < 4.78 is 7.61. The summed E-state index contributed by atoms with van der Waals surface area (Å²) in [4.78, 5) is 20.5. The lowest BCUT2D eigenvalue weighted by atomic mass is 10.0. The van der Waals surface area contributed by atoms with E-state index in [1.54, 1.807) is 0 Å². The van der Waals surface area contributed by atoms with Crippen molar-refractivity contribution in [2.24, 2.45) is 0 Å². The molecule has 0 aliphatic heterocycles. The Bertz CT molecular complexity index is 279. The third kappa shape index (κ3) is 5.75. The standard InChI is InChI=1S/C8H14O10/c9-1-3(10)5(12)6(13)4(11)2-17-8(16)18-7(14)15/h3-6,9-13H,1-2H2,(H,14,15)/t3-,4+,5+,6-/m1/s1. The van der Waals surface area contributed by atoms with Crippen molar-refractivity contribution < 1.29 is 49.7 Å². The van der Waals surface area contributed by atoms with Crippen molar-refractivity contribution in [1.82, 2.24) is 0 Å². The lowest BCUT2D eigenvalue weighted by Crippen LogP contribution is -2.47. The van der Waals surface area contributed by atoms with Crippen molar-refractivity contribution in [3.8, 4) is 0 Å². The average Bonchev–Trinajstić information content (AvgIpc) is 2.32. The van der Waals surface area contributed by atoms with Crippen LogP contribution in [0.2, 0.25) is 0 Å². The molecule has 4 atom stereocenters. The molecule has 106 valence electrons. The molecule has 0 spiro atoms. The molecule has 0 saturated carbocycles. The topological polar surface area (TPSA) is 174 Å². The predicted octanol–water partition coefficient (Wildman–Crippen LogP) is -2.75. The number of ether oxygens (including phenoxy) is 2. The summed E-state index contributed by atoms with van der Waals surface area (Å²) >= 11 is 0. The second kappa shape index (κ2) is 7.79. The Morgan fingerprint density at radius 3 is 1.94 bits per heavy atom. The van der Waals surface area contributed by atoms with Gasteiger partial charge in [0.2, 0.25) is 0 Å². The molecule has 0 aliphatic carbocycles. The molecule has 0 heterocycles. The van der Waals surface area contributed by atoms with Crippen molar-refractivity contribution >= 4 is 12.3 Å². The fourth-order valence-electron chi connectivity index (χ4n) is 0.916. The minimum absolute atomic E-state index is 0.854. The molecule has 0 saturated heterocycles. The van der Waals surface area contributed by atoms with Gasteiger partial charge in [-0.05, 0) is 0 Å². The van der Waals surface area contributed by atoms with Gasteiger partial charge in [0.1, 0.15) is 31.0 Å². The van der Waals surface area contributed by atoms with E-state index in [4.69, 9.17) is 15.3 Å². The second-order valence-electron chi connectivity index (χ2n) is 3.23. The van der Waals surface area contributed by atoms with Crippen LogP contribution in [0.15, 0.2) is 0 Å². The van der Waals surface area contributed by atoms with E-state index in [9.17, 15) is 24.9 Å². The van der Waals surface area contributed by atoms with Crippen LogP contribution in [-0.4, -0.2) is 80.6 Å². The molecule has 18 heavy (non-hydrogen) atoms. The zero-order valence-electron chi connectivity index (χ0n) is 9.04. The molecule has 6 N–H and O–H groups in total. The van der Waals surface area contributed by atoms with E-state index in [2.05, 4.69) is 9.47 Å². The van der Waals surface area contributed by atoms with Gasteiger partial charge in [-0.15, -0.1) is 0 Å².